The van der Waals surface area contributed by atoms with Crippen molar-refractivity contribution in [3.63, 3.8) is 0 Å². The second-order valence-electron chi connectivity index (χ2n) is 5.71. The molecule has 0 bridgehead atoms. The molecule has 2 rings (SSSR count). The number of nitrogens with one attached hydrogen (secondary N) is 1. The van der Waals surface area contributed by atoms with E-state index in [1.165, 1.54) is 6.42 Å². The molecule has 1 atom stereocenters. The molecule has 2 aliphatic rings. The summed E-state index contributed by atoms with van der Waals surface area (Å²) in [5.74, 6) is -0.214. The Morgan fingerprint density at radius 2 is 2.10 bits per heavy atom. The van der Waals surface area contributed by atoms with Crippen molar-refractivity contribution >= 4 is 11.7 Å². The third kappa shape index (κ3) is 3.85. The van der Waals surface area contributed by atoms with E-state index < -0.39 is 5.41 Å². The number of hydrogen-bond acceptors (Lipinski definition) is 5. The molecule has 120 valence electrons. The van der Waals surface area contributed by atoms with Gasteiger partial charge in [0.1, 0.15) is 5.41 Å². The lowest BCUT2D eigenvalue weighted by molar-refractivity contribution is -0.131. The van der Waals surface area contributed by atoms with E-state index in [4.69, 9.17) is 20.4 Å². The standard InChI is InChI=1S/C14H25N3O4/c15-12(17-19)14(5-9-20-10-6-14)13(18)16-7-4-11-3-1-2-8-21-11/h11,19H,1-10H2,(H2,15,17)(H,16,18). The molecule has 2 aliphatic heterocycles. The second kappa shape index (κ2) is 7.61. The molecule has 1 unspecified atom stereocenters. The number of amidine groups is 1. The van der Waals surface area contributed by atoms with Crippen LogP contribution in [0.5, 0.6) is 0 Å². The lowest BCUT2D eigenvalue weighted by atomic mass is 9.78. The number of nitrogens with zero attached hydrogens (tertiary/aromatic N) is 1. The maximum Gasteiger partial charge on any atom is 0.234 e. The molecule has 0 aromatic carbocycles. The van der Waals surface area contributed by atoms with E-state index in [-0.39, 0.29) is 17.8 Å². The summed E-state index contributed by atoms with van der Waals surface area (Å²) in [7, 11) is 0. The number of hydrogen-bond donors (Lipinski definition) is 3. The third-order valence-electron chi connectivity index (χ3n) is 4.40. The molecule has 7 heteroatoms. The third-order valence-corrected chi connectivity index (χ3v) is 4.40. The van der Waals surface area contributed by atoms with Gasteiger partial charge in [0.2, 0.25) is 5.91 Å². The van der Waals surface area contributed by atoms with Crippen LogP contribution in [0.3, 0.4) is 0 Å². The number of carbonyl (C=O) groups excluding carboxylic acids is 1. The Kier molecular flexibility index (Phi) is 5.81. The zero-order valence-electron chi connectivity index (χ0n) is 12.3. The average Bonchev–Trinajstić information content (AvgIpc) is 2.55. The summed E-state index contributed by atoms with van der Waals surface area (Å²) in [5.41, 5.74) is 4.81. The zero-order valence-corrected chi connectivity index (χ0v) is 12.3. The molecule has 21 heavy (non-hydrogen) atoms. The lowest BCUT2D eigenvalue weighted by Gasteiger charge is -2.34. The lowest BCUT2D eigenvalue weighted by Crippen LogP contribution is -2.53. The topological polar surface area (TPSA) is 106 Å². The van der Waals surface area contributed by atoms with Crippen LogP contribution in [0.15, 0.2) is 5.16 Å². The minimum absolute atomic E-state index is 0.0304. The Balaban J connectivity index is 1.86. The van der Waals surface area contributed by atoms with Crippen molar-refractivity contribution in [2.45, 2.75) is 44.6 Å². The first-order valence-electron chi connectivity index (χ1n) is 7.65. The first-order chi connectivity index (χ1) is 10.2. The molecular formula is C14H25N3O4. The molecule has 4 N–H and O–H groups in total. The average molecular weight is 299 g/mol. The summed E-state index contributed by atoms with van der Waals surface area (Å²) >= 11 is 0. The van der Waals surface area contributed by atoms with E-state index in [1.807, 2.05) is 0 Å². The van der Waals surface area contributed by atoms with Crippen LogP contribution in [-0.4, -0.2) is 49.4 Å². The maximum absolute atomic E-state index is 12.5. The van der Waals surface area contributed by atoms with Crippen molar-refractivity contribution in [2.75, 3.05) is 26.4 Å². The van der Waals surface area contributed by atoms with E-state index in [1.54, 1.807) is 0 Å². The van der Waals surface area contributed by atoms with Crippen LogP contribution in [0.4, 0.5) is 0 Å². The van der Waals surface area contributed by atoms with E-state index in [0.29, 0.717) is 32.6 Å². The number of rotatable bonds is 5. The molecule has 0 spiro atoms. The van der Waals surface area contributed by atoms with Gasteiger partial charge in [-0.05, 0) is 38.5 Å². The van der Waals surface area contributed by atoms with Gasteiger partial charge in [0, 0.05) is 26.4 Å². The fraction of sp³-hybridized carbons (Fsp3) is 0.857. The molecule has 0 saturated carbocycles. The van der Waals surface area contributed by atoms with Gasteiger partial charge in [0.15, 0.2) is 5.84 Å². The first-order valence-corrected chi connectivity index (χ1v) is 7.65. The Morgan fingerprint density at radius 1 is 1.33 bits per heavy atom. The van der Waals surface area contributed by atoms with Crippen molar-refractivity contribution in [2.24, 2.45) is 16.3 Å². The smallest absolute Gasteiger partial charge is 0.234 e. The molecule has 2 fully saturated rings. The predicted octanol–water partition coefficient (Wildman–Crippen LogP) is 0.605. The Bertz CT molecular complexity index is 374. The summed E-state index contributed by atoms with van der Waals surface area (Å²) < 4.78 is 10.9. The molecule has 2 saturated heterocycles. The van der Waals surface area contributed by atoms with Crippen LogP contribution < -0.4 is 11.1 Å². The van der Waals surface area contributed by atoms with Crippen LogP contribution in [0.25, 0.3) is 0 Å². The monoisotopic (exact) mass is 299 g/mol. The van der Waals surface area contributed by atoms with E-state index in [2.05, 4.69) is 10.5 Å². The molecule has 2 heterocycles. The Hall–Kier alpha value is -1.34. The van der Waals surface area contributed by atoms with Crippen molar-refractivity contribution in [3.05, 3.63) is 0 Å². The fourth-order valence-corrected chi connectivity index (χ4v) is 2.97. The number of nitrogens with two attached hydrogens (primary N) is 1. The molecule has 0 aliphatic carbocycles. The van der Waals surface area contributed by atoms with Gasteiger partial charge >= 0.3 is 0 Å². The molecule has 0 aromatic rings. The van der Waals surface area contributed by atoms with Gasteiger partial charge in [0.05, 0.1) is 6.10 Å². The number of ether oxygens (including phenoxy) is 2. The Labute approximate surface area is 124 Å². The van der Waals surface area contributed by atoms with Crippen molar-refractivity contribution in [3.8, 4) is 0 Å². The number of oxime groups is 1. The SMILES string of the molecule is NC(=NO)C1(C(=O)NCCC2CCCCO2)CCOCC1. The van der Waals surface area contributed by atoms with Gasteiger partial charge in [-0.3, -0.25) is 4.79 Å². The van der Waals surface area contributed by atoms with Gasteiger partial charge in [-0.1, -0.05) is 5.16 Å². The minimum Gasteiger partial charge on any atom is -0.409 e. The number of amides is 1. The predicted molar refractivity (Wildman–Crippen MR) is 77.1 cm³/mol. The van der Waals surface area contributed by atoms with Gasteiger partial charge in [0.25, 0.3) is 0 Å². The molecule has 7 nitrogen and oxygen atoms in total. The quantitative estimate of drug-likeness (QED) is 0.298. The Morgan fingerprint density at radius 3 is 2.71 bits per heavy atom. The fourth-order valence-electron chi connectivity index (χ4n) is 2.97. The van der Waals surface area contributed by atoms with Gasteiger partial charge in [-0.2, -0.15) is 0 Å². The van der Waals surface area contributed by atoms with Gasteiger partial charge < -0.3 is 25.7 Å². The van der Waals surface area contributed by atoms with Crippen LogP contribution in [-0.2, 0) is 14.3 Å². The summed E-state index contributed by atoms with van der Waals surface area (Å²) in [4.78, 5) is 12.5. The van der Waals surface area contributed by atoms with Crippen molar-refractivity contribution in [1.82, 2.24) is 5.32 Å². The van der Waals surface area contributed by atoms with E-state index in [9.17, 15) is 4.79 Å². The molecule has 0 radical (unpaired) electrons. The van der Waals surface area contributed by atoms with Crippen molar-refractivity contribution < 1.29 is 19.5 Å². The minimum atomic E-state index is -0.944. The summed E-state index contributed by atoms with van der Waals surface area (Å²) in [6, 6.07) is 0. The van der Waals surface area contributed by atoms with Crippen LogP contribution in [0.1, 0.15) is 38.5 Å². The number of carbonyl (C=O) groups is 1. The van der Waals surface area contributed by atoms with Gasteiger partial charge in [-0.25, -0.2) is 0 Å². The highest BCUT2D eigenvalue weighted by atomic mass is 16.5. The normalized spacial score (nSPS) is 26.3. The largest absolute Gasteiger partial charge is 0.409 e. The first kappa shape index (κ1) is 16.0. The van der Waals surface area contributed by atoms with Gasteiger partial charge in [-0.15, -0.1) is 0 Å². The highest BCUT2D eigenvalue weighted by molar-refractivity contribution is 6.06. The zero-order chi connectivity index (χ0) is 15.1. The molecular weight excluding hydrogens is 274 g/mol. The van der Waals surface area contributed by atoms with Crippen LogP contribution in [0, 0.1) is 5.41 Å². The van der Waals surface area contributed by atoms with Crippen LogP contribution >= 0.6 is 0 Å². The van der Waals surface area contributed by atoms with Crippen molar-refractivity contribution in [1.29, 1.82) is 0 Å². The summed E-state index contributed by atoms with van der Waals surface area (Å²) in [5, 5.41) is 14.9. The summed E-state index contributed by atoms with van der Waals surface area (Å²) in [6.07, 6.45) is 5.26. The van der Waals surface area contributed by atoms with E-state index >= 15 is 0 Å². The highest BCUT2D eigenvalue weighted by Gasteiger charge is 2.44. The van der Waals surface area contributed by atoms with Crippen LogP contribution in [0.2, 0.25) is 0 Å². The summed E-state index contributed by atoms with van der Waals surface area (Å²) in [6.45, 7) is 2.24. The van der Waals surface area contributed by atoms with E-state index in [0.717, 1.165) is 25.9 Å². The molecule has 1 amide bonds. The maximum atomic E-state index is 12.5. The highest BCUT2D eigenvalue weighted by Crippen LogP contribution is 2.31. The molecule has 0 aromatic heterocycles. The second-order valence-corrected chi connectivity index (χ2v) is 5.71.